The molecule has 5 heteroatoms. The average Bonchev–Trinajstić information content (AvgIpc) is 2.40. The molecule has 0 aliphatic carbocycles. The fraction of sp³-hybridized carbons (Fsp3) is 0.625. The SMILES string of the molecule is CCOc1ccc(C)cc1S(=O)(=O)N1C[C@@H](C)C[C@H](C)C1. The molecule has 0 N–H and O–H groups in total. The molecule has 0 bridgehead atoms. The summed E-state index contributed by atoms with van der Waals surface area (Å²) in [5.41, 5.74) is 0.926. The van der Waals surface area contributed by atoms with Gasteiger partial charge in [-0.05, 0) is 49.8 Å². The fourth-order valence-electron chi connectivity index (χ4n) is 3.03. The highest BCUT2D eigenvalue weighted by molar-refractivity contribution is 7.89. The second-order valence-corrected chi connectivity index (χ2v) is 8.06. The molecule has 4 nitrogen and oxygen atoms in total. The molecule has 118 valence electrons. The summed E-state index contributed by atoms with van der Waals surface area (Å²) in [6.45, 7) is 9.62. The zero-order valence-corrected chi connectivity index (χ0v) is 14.1. The van der Waals surface area contributed by atoms with Crippen LogP contribution in [-0.4, -0.2) is 32.4 Å². The molecule has 0 radical (unpaired) electrons. The summed E-state index contributed by atoms with van der Waals surface area (Å²) >= 11 is 0. The molecular weight excluding hydrogens is 286 g/mol. The first-order valence-electron chi connectivity index (χ1n) is 7.58. The maximum atomic E-state index is 13.0. The first-order chi connectivity index (χ1) is 9.84. The van der Waals surface area contributed by atoms with Gasteiger partial charge in [-0.25, -0.2) is 8.42 Å². The van der Waals surface area contributed by atoms with Gasteiger partial charge in [-0.15, -0.1) is 0 Å². The predicted molar refractivity (Wildman–Crippen MR) is 84.1 cm³/mol. The monoisotopic (exact) mass is 311 g/mol. The Hall–Kier alpha value is -1.07. The van der Waals surface area contributed by atoms with Crippen LogP contribution in [0.25, 0.3) is 0 Å². The van der Waals surface area contributed by atoms with Crippen molar-refractivity contribution in [1.29, 1.82) is 0 Å². The van der Waals surface area contributed by atoms with Crippen LogP contribution in [-0.2, 0) is 10.0 Å². The smallest absolute Gasteiger partial charge is 0.246 e. The number of nitrogens with zero attached hydrogens (tertiary/aromatic N) is 1. The Kier molecular flexibility index (Phi) is 4.94. The highest BCUT2D eigenvalue weighted by atomic mass is 32.2. The van der Waals surface area contributed by atoms with E-state index >= 15 is 0 Å². The van der Waals surface area contributed by atoms with E-state index in [1.54, 1.807) is 16.4 Å². The van der Waals surface area contributed by atoms with E-state index in [0.29, 0.717) is 42.2 Å². The molecule has 1 aliphatic heterocycles. The van der Waals surface area contributed by atoms with Gasteiger partial charge < -0.3 is 4.74 Å². The third kappa shape index (κ3) is 3.58. The van der Waals surface area contributed by atoms with Crippen LogP contribution in [0.2, 0.25) is 0 Å². The first kappa shape index (κ1) is 16.3. The first-order valence-corrected chi connectivity index (χ1v) is 9.02. The van der Waals surface area contributed by atoms with Crippen LogP contribution >= 0.6 is 0 Å². The third-order valence-electron chi connectivity index (χ3n) is 3.85. The Morgan fingerprint density at radius 3 is 2.43 bits per heavy atom. The van der Waals surface area contributed by atoms with Crippen molar-refractivity contribution in [2.24, 2.45) is 11.8 Å². The van der Waals surface area contributed by atoms with E-state index in [2.05, 4.69) is 13.8 Å². The summed E-state index contributed by atoms with van der Waals surface area (Å²) in [5, 5.41) is 0. The van der Waals surface area contributed by atoms with Gasteiger partial charge in [0.25, 0.3) is 0 Å². The quantitative estimate of drug-likeness (QED) is 0.858. The Labute approximate surface area is 128 Å². The average molecular weight is 311 g/mol. The summed E-state index contributed by atoms with van der Waals surface area (Å²) in [6, 6.07) is 5.35. The maximum absolute atomic E-state index is 13.0. The van der Waals surface area contributed by atoms with Gasteiger partial charge >= 0.3 is 0 Å². The highest BCUT2D eigenvalue weighted by Crippen LogP contribution is 2.32. The number of ether oxygens (including phenoxy) is 1. The fourth-order valence-corrected chi connectivity index (χ4v) is 4.93. The number of piperidine rings is 1. The molecule has 1 heterocycles. The number of sulfonamides is 1. The molecular formula is C16H25NO3S. The summed E-state index contributed by atoms with van der Waals surface area (Å²) in [4.78, 5) is 0.297. The Morgan fingerprint density at radius 2 is 1.86 bits per heavy atom. The zero-order valence-electron chi connectivity index (χ0n) is 13.3. The van der Waals surface area contributed by atoms with Crippen molar-refractivity contribution in [2.75, 3.05) is 19.7 Å². The number of hydrogen-bond acceptors (Lipinski definition) is 3. The van der Waals surface area contributed by atoms with Crippen LogP contribution in [0.4, 0.5) is 0 Å². The predicted octanol–water partition coefficient (Wildman–Crippen LogP) is 3.06. The van der Waals surface area contributed by atoms with E-state index in [1.165, 1.54) is 0 Å². The maximum Gasteiger partial charge on any atom is 0.246 e. The molecule has 0 aromatic heterocycles. The second kappa shape index (κ2) is 6.36. The molecule has 1 aromatic carbocycles. The van der Waals surface area contributed by atoms with Gasteiger partial charge in [0.15, 0.2) is 0 Å². The molecule has 1 saturated heterocycles. The van der Waals surface area contributed by atoms with Crippen molar-refractivity contribution in [2.45, 2.75) is 39.0 Å². The van der Waals surface area contributed by atoms with Gasteiger partial charge in [0.05, 0.1) is 6.61 Å². The molecule has 0 amide bonds. The minimum atomic E-state index is -3.49. The molecule has 0 spiro atoms. The van der Waals surface area contributed by atoms with Gasteiger partial charge in [0.2, 0.25) is 10.0 Å². The summed E-state index contributed by atoms with van der Waals surface area (Å²) < 4.78 is 33.1. The minimum Gasteiger partial charge on any atom is -0.492 e. The van der Waals surface area contributed by atoms with Crippen molar-refractivity contribution < 1.29 is 13.2 Å². The van der Waals surface area contributed by atoms with Crippen molar-refractivity contribution in [1.82, 2.24) is 4.31 Å². The zero-order chi connectivity index (χ0) is 15.6. The van der Waals surface area contributed by atoms with Crippen LogP contribution in [0.15, 0.2) is 23.1 Å². The normalized spacial score (nSPS) is 24.0. The summed E-state index contributed by atoms with van der Waals surface area (Å²) in [6.07, 6.45) is 1.08. The van der Waals surface area contributed by atoms with E-state index in [9.17, 15) is 8.42 Å². The lowest BCUT2D eigenvalue weighted by molar-refractivity contribution is 0.222. The van der Waals surface area contributed by atoms with Crippen LogP contribution in [0.3, 0.4) is 0 Å². The van der Waals surface area contributed by atoms with E-state index < -0.39 is 10.0 Å². The summed E-state index contributed by atoms with van der Waals surface area (Å²) in [5.74, 6) is 1.24. The Morgan fingerprint density at radius 1 is 1.24 bits per heavy atom. The van der Waals surface area contributed by atoms with Crippen molar-refractivity contribution in [3.63, 3.8) is 0 Å². The topological polar surface area (TPSA) is 46.6 Å². The number of hydrogen-bond donors (Lipinski definition) is 0. The number of rotatable bonds is 4. The lowest BCUT2D eigenvalue weighted by Gasteiger charge is -2.34. The lowest BCUT2D eigenvalue weighted by Crippen LogP contribution is -2.42. The van der Waals surface area contributed by atoms with Gasteiger partial charge in [-0.1, -0.05) is 19.9 Å². The molecule has 1 aliphatic rings. The molecule has 2 atom stereocenters. The standard InChI is InChI=1S/C16H25NO3S/c1-5-20-15-7-6-12(2)9-16(15)21(18,19)17-10-13(3)8-14(4)11-17/h6-7,9,13-14H,5,8,10-11H2,1-4H3/t13-,14-/m0/s1. The van der Waals surface area contributed by atoms with Gasteiger partial charge in [-0.3, -0.25) is 0 Å². The van der Waals surface area contributed by atoms with Crippen LogP contribution in [0, 0.1) is 18.8 Å². The van der Waals surface area contributed by atoms with Gasteiger partial charge in [-0.2, -0.15) is 4.31 Å². The van der Waals surface area contributed by atoms with Crippen LogP contribution < -0.4 is 4.74 Å². The molecule has 0 unspecified atom stereocenters. The number of aryl methyl sites for hydroxylation is 1. The van der Waals surface area contributed by atoms with Crippen LogP contribution in [0.5, 0.6) is 5.75 Å². The van der Waals surface area contributed by atoms with Crippen molar-refractivity contribution in [3.05, 3.63) is 23.8 Å². The van der Waals surface area contributed by atoms with Crippen molar-refractivity contribution in [3.8, 4) is 5.75 Å². The van der Waals surface area contributed by atoms with E-state index in [0.717, 1.165) is 12.0 Å². The highest BCUT2D eigenvalue weighted by Gasteiger charge is 2.33. The second-order valence-electron chi connectivity index (χ2n) is 6.15. The summed E-state index contributed by atoms with van der Waals surface area (Å²) in [7, 11) is -3.49. The van der Waals surface area contributed by atoms with E-state index in [1.807, 2.05) is 19.9 Å². The van der Waals surface area contributed by atoms with E-state index in [4.69, 9.17) is 4.74 Å². The molecule has 1 aromatic rings. The van der Waals surface area contributed by atoms with Crippen molar-refractivity contribution >= 4 is 10.0 Å². The van der Waals surface area contributed by atoms with E-state index in [-0.39, 0.29) is 0 Å². The lowest BCUT2D eigenvalue weighted by atomic mass is 9.94. The molecule has 21 heavy (non-hydrogen) atoms. The molecule has 1 fully saturated rings. The van der Waals surface area contributed by atoms with Gasteiger partial charge in [0.1, 0.15) is 10.6 Å². The Balaban J connectivity index is 2.41. The van der Waals surface area contributed by atoms with Crippen LogP contribution in [0.1, 0.15) is 32.8 Å². The molecule has 0 saturated carbocycles. The third-order valence-corrected chi connectivity index (χ3v) is 5.71. The minimum absolute atomic E-state index is 0.297. The Bertz CT molecular complexity index is 588. The van der Waals surface area contributed by atoms with Gasteiger partial charge in [0, 0.05) is 13.1 Å². The molecule has 2 rings (SSSR count). The largest absolute Gasteiger partial charge is 0.492 e. The number of benzene rings is 1.